The molecule has 0 fully saturated rings. The molecule has 2 aliphatic rings. The van der Waals surface area contributed by atoms with Crippen molar-refractivity contribution in [1.82, 2.24) is 0 Å². The summed E-state index contributed by atoms with van der Waals surface area (Å²) in [7, 11) is 3.55. The highest BCUT2D eigenvalue weighted by molar-refractivity contribution is 6.31. The molecule has 0 heterocycles. The van der Waals surface area contributed by atoms with Gasteiger partial charge in [0, 0.05) is 21.9 Å². The number of methoxy groups -OCH3 is 2. The number of hydrogen-bond acceptors (Lipinski definition) is 2. The largest absolute Gasteiger partial charge is 0.496 e. The molecular weight excluding hydrogens is 705 g/mol. The van der Waals surface area contributed by atoms with Crippen LogP contribution in [0.3, 0.4) is 0 Å². The lowest BCUT2D eigenvalue weighted by molar-refractivity contribution is 0.410. The zero-order valence-electron chi connectivity index (χ0n) is 32.8. The molecule has 10 aromatic carbocycles. The molecule has 0 saturated heterocycles. The zero-order chi connectivity index (χ0) is 38.8. The van der Waals surface area contributed by atoms with Crippen LogP contribution in [0.15, 0.2) is 158 Å². The summed E-state index contributed by atoms with van der Waals surface area (Å²) in [6, 6.07) is 57.9. The quantitative estimate of drug-likeness (QED) is 0.175. The maximum atomic E-state index is 6.24. The van der Waals surface area contributed by atoms with Crippen LogP contribution in [0, 0.1) is 13.8 Å². The predicted octanol–water partition coefficient (Wildman–Crippen LogP) is 15.2. The van der Waals surface area contributed by atoms with Gasteiger partial charge in [-0.25, -0.2) is 0 Å². The molecule has 0 bridgehead atoms. The third kappa shape index (κ3) is 4.22. The molecule has 2 heteroatoms. The van der Waals surface area contributed by atoms with Crippen molar-refractivity contribution in [2.24, 2.45) is 0 Å². The van der Waals surface area contributed by atoms with E-state index < -0.39 is 0 Å². The van der Waals surface area contributed by atoms with Crippen molar-refractivity contribution < 1.29 is 9.47 Å². The Labute approximate surface area is 337 Å². The van der Waals surface area contributed by atoms with E-state index in [1.165, 1.54) is 99.1 Å². The monoisotopic (exact) mass is 742 g/mol. The van der Waals surface area contributed by atoms with Crippen LogP contribution < -0.4 is 9.47 Å². The summed E-state index contributed by atoms with van der Waals surface area (Å²) >= 11 is 0. The second-order valence-electron chi connectivity index (χ2n) is 15.8. The van der Waals surface area contributed by atoms with Crippen molar-refractivity contribution >= 4 is 43.1 Å². The van der Waals surface area contributed by atoms with Gasteiger partial charge in [-0.05, 0) is 136 Å². The Morgan fingerprint density at radius 2 is 0.638 bits per heavy atom. The molecule has 0 radical (unpaired) electrons. The van der Waals surface area contributed by atoms with Gasteiger partial charge in [0.1, 0.15) is 11.5 Å². The third-order valence-corrected chi connectivity index (χ3v) is 13.1. The van der Waals surface area contributed by atoms with Crippen molar-refractivity contribution in [2.75, 3.05) is 14.2 Å². The minimum Gasteiger partial charge on any atom is -0.496 e. The SMILES string of the molecule is COc1ccc(OC)c2c(-c3ccccc3)c3c(c(-c4ccccc4)c12)-c1cccc2c(-c4ccc5c6c(cccc46)-c4c-5c(C)c5ccccc5c4C)ccc-3c12. The molecule has 0 unspecified atom stereocenters. The Balaban J connectivity index is 1.19. The van der Waals surface area contributed by atoms with Crippen molar-refractivity contribution in [3.63, 3.8) is 0 Å². The lowest BCUT2D eigenvalue weighted by atomic mass is 9.82. The van der Waals surface area contributed by atoms with Crippen LogP contribution in [0.2, 0.25) is 0 Å². The summed E-state index contributed by atoms with van der Waals surface area (Å²) < 4.78 is 12.5. The first-order chi connectivity index (χ1) is 28.6. The van der Waals surface area contributed by atoms with Crippen LogP contribution in [0.25, 0.3) is 121 Å². The van der Waals surface area contributed by atoms with E-state index in [4.69, 9.17) is 9.47 Å². The smallest absolute Gasteiger partial charge is 0.127 e. The summed E-state index contributed by atoms with van der Waals surface area (Å²) in [6.45, 7) is 4.60. The zero-order valence-corrected chi connectivity index (χ0v) is 32.8. The van der Waals surface area contributed by atoms with Gasteiger partial charge in [-0.15, -0.1) is 0 Å². The van der Waals surface area contributed by atoms with Crippen LogP contribution in [0.1, 0.15) is 11.1 Å². The lowest BCUT2D eigenvalue weighted by Gasteiger charge is -2.23. The molecule has 0 saturated carbocycles. The maximum Gasteiger partial charge on any atom is 0.127 e. The van der Waals surface area contributed by atoms with Crippen molar-refractivity contribution in [3.8, 4) is 89.4 Å². The Morgan fingerprint density at radius 3 is 1.09 bits per heavy atom. The minimum atomic E-state index is 0.825. The van der Waals surface area contributed by atoms with E-state index in [-0.39, 0.29) is 0 Å². The molecule has 274 valence electrons. The fraction of sp³-hybridized carbons (Fsp3) is 0.0714. The highest BCUT2D eigenvalue weighted by Crippen LogP contribution is 2.61. The first kappa shape index (κ1) is 33.0. The number of fused-ring (bicyclic) bond motifs is 8. The molecule has 2 nitrogen and oxygen atoms in total. The van der Waals surface area contributed by atoms with E-state index in [1.54, 1.807) is 14.2 Å². The number of rotatable bonds is 5. The average Bonchev–Trinajstić information content (AvgIpc) is 3.80. The number of hydrogen-bond donors (Lipinski definition) is 0. The van der Waals surface area contributed by atoms with E-state index in [0.717, 1.165) is 44.5 Å². The predicted molar refractivity (Wildman–Crippen MR) is 244 cm³/mol. The molecule has 0 N–H and O–H groups in total. The first-order valence-corrected chi connectivity index (χ1v) is 20.1. The molecule has 10 aromatic rings. The van der Waals surface area contributed by atoms with Gasteiger partial charge in [0.25, 0.3) is 0 Å². The standard InChI is InChI=1S/C56H38O2/c1-31-35-19-11-12-20-36(35)32(2)48-43-27-25-37(39-21-13-23-41(47(31)48)51(39)43)38-26-28-44-52-40(38)22-14-24-42(52)53-49(33-15-7-5-8-16-33)55-45(57-3)29-30-46(58-4)56(55)50(54(44)53)34-17-9-6-10-18-34/h5-30H,1-4H3. The summed E-state index contributed by atoms with van der Waals surface area (Å²) in [5.74, 6) is 1.65. The second-order valence-corrected chi connectivity index (χ2v) is 15.8. The summed E-state index contributed by atoms with van der Waals surface area (Å²) in [5, 5.41) is 9.96. The van der Waals surface area contributed by atoms with Gasteiger partial charge in [0.05, 0.1) is 14.2 Å². The van der Waals surface area contributed by atoms with Crippen molar-refractivity contribution in [2.45, 2.75) is 13.8 Å². The topological polar surface area (TPSA) is 18.5 Å². The summed E-state index contributed by atoms with van der Waals surface area (Å²) in [6.07, 6.45) is 0. The van der Waals surface area contributed by atoms with E-state index in [0.29, 0.717) is 0 Å². The maximum absolute atomic E-state index is 6.24. The molecule has 58 heavy (non-hydrogen) atoms. The highest BCUT2D eigenvalue weighted by Gasteiger charge is 2.34. The van der Waals surface area contributed by atoms with Gasteiger partial charge >= 0.3 is 0 Å². The van der Waals surface area contributed by atoms with Crippen LogP contribution >= 0.6 is 0 Å². The molecule has 12 rings (SSSR count). The van der Waals surface area contributed by atoms with Crippen molar-refractivity contribution in [1.29, 1.82) is 0 Å². The van der Waals surface area contributed by atoms with E-state index in [9.17, 15) is 0 Å². The Hall–Kier alpha value is -7.16. The fourth-order valence-electron chi connectivity index (χ4n) is 10.8. The molecule has 0 amide bonds. The van der Waals surface area contributed by atoms with Crippen molar-refractivity contribution in [3.05, 3.63) is 169 Å². The normalized spacial score (nSPS) is 12.1. The van der Waals surface area contributed by atoms with Crippen LogP contribution in [-0.2, 0) is 0 Å². The average molecular weight is 743 g/mol. The van der Waals surface area contributed by atoms with Crippen LogP contribution in [0.4, 0.5) is 0 Å². The second kappa shape index (κ2) is 12.2. The van der Waals surface area contributed by atoms with Gasteiger partial charge in [-0.1, -0.05) is 146 Å². The molecule has 2 aliphatic carbocycles. The van der Waals surface area contributed by atoms with Gasteiger partial charge in [0.15, 0.2) is 0 Å². The molecular formula is C56H38O2. The van der Waals surface area contributed by atoms with Gasteiger partial charge in [-0.2, -0.15) is 0 Å². The fourth-order valence-corrected chi connectivity index (χ4v) is 10.8. The molecule has 0 aliphatic heterocycles. The Morgan fingerprint density at radius 1 is 0.276 bits per heavy atom. The number of benzene rings is 10. The van der Waals surface area contributed by atoms with Crippen LogP contribution in [0.5, 0.6) is 11.5 Å². The number of ether oxygens (including phenoxy) is 2. The minimum absolute atomic E-state index is 0.825. The van der Waals surface area contributed by atoms with Gasteiger partial charge in [-0.3, -0.25) is 0 Å². The summed E-state index contributed by atoms with van der Waals surface area (Å²) in [4.78, 5) is 0. The highest BCUT2D eigenvalue weighted by atomic mass is 16.5. The molecule has 0 atom stereocenters. The summed E-state index contributed by atoms with van der Waals surface area (Å²) in [5.41, 5.74) is 20.2. The van der Waals surface area contributed by atoms with Crippen LogP contribution in [-0.4, -0.2) is 14.2 Å². The first-order valence-electron chi connectivity index (χ1n) is 20.1. The molecule has 0 aromatic heterocycles. The Kier molecular flexibility index (Phi) is 6.93. The van der Waals surface area contributed by atoms with E-state index in [2.05, 4.69) is 172 Å². The van der Waals surface area contributed by atoms with E-state index in [1.807, 2.05) is 0 Å². The van der Waals surface area contributed by atoms with Gasteiger partial charge < -0.3 is 9.47 Å². The third-order valence-electron chi connectivity index (χ3n) is 13.1. The molecule has 0 spiro atoms. The van der Waals surface area contributed by atoms with E-state index >= 15 is 0 Å². The van der Waals surface area contributed by atoms with Gasteiger partial charge in [0.2, 0.25) is 0 Å². The number of aryl methyl sites for hydroxylation is 2. The lowest BCUT2D eigenvalue weighted by Crippen LogP contribution is -1.98. The Bertz CT molecular complexity index is 3260.